The van der Waals surface area contributed by atoms with Crippen molar-refractivity contribution in [2.75, 3.05) is 13.1 Å². The number of phenolic OH excluding ortho intramolecular Hbond substituents is 1. The molecule has 30 nitrogen and oxygen atoms in total. The van der Waals surface area contributed by atoms with E-state index >= 15 is 14.4 Å². The van der Waals surface area contributed by atoms with Crippen LogP contribution >= 0.6 is 0 Å². The number of carbonyl (C=O) groups excluding carboxylic acids is 14. The van der Waals surface area contributed by atoms with Gasteiger partial charge in [0.1, 0.15) is 47.5 Å². The standard InChI is InChI=1S/C80H116N14O16/c1-46(2)38-56-44-85-60(34-35-66(81)99)69(101)68(100)48(5)86-73(105)64(42-55-43-84-59-29-23-22-28-58(55)59)90-74(106)62(41-54-30-32-57(97)33-31-54)89-71(103)50(7)87-78(110)80(11,37-25-18-16-14-12-13-15-17-24-36-79(10,93-72(56)104)65(98)45-83-49(6)70(82)102)94-76(108)63(40-53-26-20-19-21-27-53)91-77(109)67(51(8)95)92-75(107)61(39-47(3)4)88-52(9)96/h13,15,19-23,26-33,43,46-51,56,60-64,67,83-85,95,97H,12,14,16-18,24-25,34-42,44-45H2,1-11H3,(H2,81,99)(H2,82,102)(H,86,105)(H,87,110)(H,88,96)(H,89,103)(H,90,106)(H,91,109)(H,92,107)(H,93,104)(H,94,108)/b15-13+/t48?,49-,50?,51-,56-,60+,61+,62+,63+,64+,67+,79+,80-/m1/s1. The molecule has 110 heavy (non-hydrogen) atoms. The van der Waals surface area contributed by atoms with Crippen LogP contribution in [0.15, 0.2) is 97.2 Å². The molecule has 1 aliphatic rings. The number of fused-ring (bicyclic) bond motifs is 1. The van der Waals surface area contributed by atoms with Crippen LogP contribution in [-0.4, -0.2) is 182 Å². The Morgan fingerprint density at radius 2 is 1.25 bits per heavy atom. The number of amides is 11. The molecule has 30 heteroatoms. The molecule has 18 N–H and O–H groups in total. The van der Waals surface area contributed by atoms with Crippen molar-refractivity contribution in [1.82, 2.24) is 63.5 Å². The summed E-state index contributed by atoms with van der Waals surface area (Å²) in [5.41, 5.74) is 9.92. The van der Waals surface area contributed by atoms with Crippen LogP contribution in [0.3, 0.4) is 0 Å². The van der Waals surface area contributed by atoms with Gasteiger partial charge in [0.15, 0.2) is 5.78 Å². The Morgan fingerprint density at radius 3 is 1.88 bits per heavy atom. The lowest BCUT2D eigenvalue weighted by Crippen LogP contribution is -2.64. The van der Waals surface area contributed by atoms with Crippen molar-refractivity contribution in [3.05, 3.63) is 114 Å². The van der Waals surface area contributed by atoms with Gasteiger partial charge < -0.3 is 79.8 Å². The van der Waals surface area contributed by atoms with E-state index in [0.29, 0.717) is 72.5 Å². The number of carbonyl (C=O) groups is 14. The molecule has 0 saturated carbocycles. The maximum Gasteiger partial charge on any atom is 0.246 e. The monoisotopic (exact) mass is 1530 g/mol. The van der Waals surface area contributed by atoms with Gasteiger partial charge in [-0.05, 0) is 146 Å². The fourth-order valence-electron chi connectivity index (χ4n) is 12.9. The molecular formula is C80H116N14O16. The lowest BCUT2D eigenvalue weighted by molar-refractivity contribution is -0.140. The van der Waals surface area contributed by atoms with Gasteiger partial charge in [0.2, 0.25) is 76.5 Å². The Labute approximate surface area is 643 Å². The van der Waals surface area contributed by atoms with Crippen molar-refractivity contribution in [3.8, 4) is 5.75 Å². The number of phenols is 1. The van der Waals surface area contributed by atoms with Gasteiger partial charge in [0.25, 0.3) is 0 Å². The van der Waals surface area contributed by atoms with Crippen LogP contribution in [0.4, 0.5) is 0 Å². The van der Waals surface area contributed by atoms with E-state index < -0.39 is 160 Å². The summed E-state index contributed by atoms with van der Waals surface area (Å²) in [5, 5.41) is 52.2. The Hall–Kier alpha value is -10.2. The summed E-state index contributed by atoms with van der Waals surface area (Å²) >= 11 is 0. The van der Waals surface area contributed by atoms with E-state index in [1.165, 1.54) is 65.8 Å². The van der Waals surface area contributed by atoms with Crippen molar-refractivity contribution in [3.63, 3.8) is 0 Å². The van der Waals surface area contributed by atoms with Crippen LogP contribution in [0, 0.1) is 17.8 Å². The van der Waals surface area contributed by atoms with Crippen LogP contribution in [0.5, 0.6) is 5.75 Å². The lowest BCUT2D eigenvalue weighted by Gasteiger charge is -2.33. The number of aromatic amines is 1. The third-order valence-corrected chi connectivity index (χ3v) is 19.5. The van der Waals surface area contributed by atoms with E-state index in [1.807, 2.05) is 39.8 Å². The molecule has 11 amide bonds. The number of para-hydroxylation sites is 1. The first-order chi connectivity index (χ1) is 51.9. The predicted molar refractivity (Wildman–Crippen MR) is 414 cm³/mol. The normalized spacial score (nSPS) is 23.5. The Bertz CT molecular complexity index is 3860. The second-order valence-electron chi connectivity index (χ2n) is 30.3. The molecule has 5 rings (SSSR count). The number of benzene rings is 3. The second-order valence-corrected chi connectivity index (χ2v) is 30.3. The van der Waals surface area contributed by atoms with Crippen LogP contribution in [0.1, 0.15) is 176 Å². The molecule has 0 aliphatic carbocycles. The zero-order valence-corrected chi connectivity index (χ0v) is 65.2. The van der Waals surface area contributed by atoms with E-state index in [1.54, 1.807) is 67.7 Å². The fraction of sp³-hybridized carbons (Fsp3) is 0.550. The number of aromatic nitrogens is 1. The number of hydrogen-bond acceptors (Lipinski definition) is 18. The highest BCUT2D eigenvalue weighted by atomic mass is 16.3. The number of nitrogens with two attached hydrogens (primary N) is 2. The number of Topliss-reactive ketones (excluding diaryl/α,β-unsaturated/α-hetero) is 3. The minimum atomic E-state index is -1.86. The highest BCUT2D eigenvalue weighted by Gasteiger charge is 2.42. The molecule has 0 radical (unpaired) electrons. The van der Waals surface area contributed by atoms with Crippen molar-refractivity contribution < 1.29 is 77.3 Å². The summed E-state index contributed by atoms with van der Waals surface area (Å²) < 4.78 is 0. The van der Waals surface area contributed by atoms with Gasteiger partial charge in [-0.15, -0.1) is 0 Å². The molecule has 2 heterocycles. The van der Waals surface area contributed by atoms with Gasteiger partial charge in [-0.1, -0.05) is 120 Å². The van der Waals surface area contributed by atoms with Gasteiger partial charge in [0.05, 0.1) is 42.2 Å². The molecule has 0 bridgehead atoms. The zero-order chi connectivity index (χ0) is 81.6. The van der Waals surface area contributed by atoms with Gasteiger partial charge in [-0.3, -0.25) is 72.4 Å². The Morgan fingerprint density at radius 1 is 0.618 bits per heavy atom. The number of aliphatic hydroxyl groups is 1. The van der Waals surface area contributed by atoms with Crippen LogP contribution in [0.25, 0.3) is 10.9 Å². The maximum atomic E-state index is 15.1. The molecule has 0 spiro atoms. The molecule has 2 unspecified atom stereocenters. The Balaban J connectivity index is 1.58. The summed E-state index contributed by atoms with van der Waals surface area (Å²) in [6.07, 6.45) is 6.91. The number of H-pyrrole nitrogens is 1. The third kappa shape index (κ3) is 29.3. The molecule has 0 saturated heterocycles. The first-order valence-electron chi connectivity index (χ1n) is 38.0. The highest BCUT2D eigenvalue weighted by molar-refractivity contribution is 6.41. The second kappa shape index (κ2) is 43.9. The average Bonchev–Trinajstić information content (AvgIpc) is 1.05. The first kappa shape index (κ1) is 90.4. The topological polar surface area (TPSA) is 480 Å². The van der Waals surface area contributed by atoms with E-state index in [-0.39, 0.29) is 88.5 Å². The lowest BCUT2D eigenvalue weighted by atomic mass is 9.87. The summed E-state index contributed by atoms with van der Waals surface area (Å²) in [7, 11) is 0. The SMILES string of the molecule is CC(=O)N[C@@H](CC(C)C)C(=O)N[C@H](C(=O)N[C@@H](Cc1ccccc1)C(=O)N[C@]1(C)CCCCCC/C=C/CCC[C@@](C)(C(=O)CN[C@H](C)C(N)=O)NC(=O)[C@H](CC(C)C)CN[C@@H](CCC(N)=O)C(=O)C(=O)C(C)NC(=O)[C@H](Cc2c[nH]c3ccccc23)NC(=O)[C@H](Cc2ccc(O)cc2)NC(=O)C(C)NC1=O)[C@@H](C)O. The van der Waals surface area contributed by atoms with Gasteiger partial charge in [-0.25, -0.2) is 0 Å². The van der Waals surface area contributed by atoms with E-state index in [9.17, 15) is 63.0 Å². The van der Waals surface area contributed by atoms with E-state index in [4.69, 9.17) is 11.5 Å². The average molecular weight is 1530 g/mol. The zero-order valence-electron chi connectivity index (χ0n) is 65.2. The van der Waals surface area contributed by atoms with Crippen LogP contribution < -0.4 is 70.0 Å². The van der Waals surface area contributed by atoms with E-state index in [0.717, 1.165) is 0 Å². The number of rotatable bonds is 26. The minimum absolute atomic E-state index is 0.0345. The summed E-state index contributed by atoms with van der Waals surface area (Å²) in [6, 6.07) is 8.76. The quantitative estimate of drug-likeness (QED) is 0.0317. The number of aliphatic hydroxyl groups excluding tert-OH is 1. The Kier molecular flexibility index (Phi) is 36.0. The number of ketones is 3. The van der Waals surface area contributed by atoms with Crippen molar-refractivity contribution in [1.29, 1.82) is 0 Å². The number of nitrogens with one attached hydrogen (secondary N) is 12. The smallest absolute Gasteiger partial charge is 0.246 e. The molecule has 1 aromatic heterocycles. The molecular weight excluding hydrogens is 1410 g/mol. The molecule has 602 valence electrons. The molecule has 1 aliphatic heterocycles. The van der Waals surface area contributed by atoms with E-state index in [2.05, 4.69) is 63.5 Å². The summed E-state index contributed by atoms with van der Waals surface area (Å²) in [6.45, 7) is 16.5. The predicted octanol–water partition coefficient (Wildman–Crippen LogP) is 2.67. The van der Waals surface area contributed by atoms with Gasteiger partial charge in [0, 0.05) is 56.3 Å². The first-order valence-corrected chi connectivity index (χ1v) is 38.0. The number of primary amides is 2. The molecule has 3 aromatic carbocycles. The number of aromatic hydroxyl groups is 1. The van der Waals surface area contributed by atoms with Crippen molar-refractivity contribution >= 4 is 93.2 Å². The molecule has 4 aromatic rings. The van der Waals surface area contributed by atoms with Gasteiger partial charge >= 0.3 is 0 Å². The van der Waals surface area contributed by atoms with Crippen LogP contribution in [0.2, 0.25) is 0 Å². The molecule has 13 atom stereocenters. The van der Waals surface area contributed by atoms with Crippen molar-refractivity contribution in [2.45, 2.75) is 250 Å². The summed E-state index contributed by atoms with van der Waals surface area (Å²) in [4.78, 5) is 201. The molecule has 0 fully saturated rings. The minimum Gasteiger partial charge on any atom is -0.508 e. The number of hydrogen-bond donors (Lipinski definition) is 16. The third-order valence-electron chi connectivity index (χ3n) is 19.5. The fourth-order valence-corrected chi connectivity index (χ4v) is 12.9. The highest BCUT2D eigenvalue weighted by Crippen LogP contribution is 2.24. The van der Waals surface area contributed by atoms with Crippen molar-refractivity contribution in [2.24, 2.45) is 29.2 Å². The van der Waals surface area contributed by atoms with Crippen LogP contribution in [-0.2, 0) is 86.4 Å². The summed E-state index contributed by atoms with van der Waals surface area (Å²) in [5.74, 6) is -12.7. The van der Waals surface area contributed by atoms with Gasteiger partial charge in [-0.2, -0.15) is 0 Å². The number of allylic oxidation sites excluding steroid dienone is 2. The maximum absolute atomic E-state index is 15.1. The largest absolute Gasteiger partial charge is 0.508 e.